The summed E-state index contributed by atoms with van der Waals surface area (Å²) in [4.78, 5) is 20.0. The predicted molar refractivity (Wildman–Crippen MR) is 98.9 cm³/mol. The summed E-state index contributed by atoms with van der Waals surface area (Å²) in [6.07, 6.45) is 10.3. The SMILES string of the molecule is CC(C)(C)OC(=O)N1CCCc2cc(SC3CCCCC3)cnc21. The third-order valence-corrected chi connectivity index (χ3v) is 5.77. The van der Waals surface area contributed by atoms with Gasteiger partial charge < -0.3 is 4.74 Å². The zero-order chi connectivity index (χ0) is 17.2. The van der Waals surface area contributed by atoms with E-state index in [-0.39, 0.29) is 6.09 Å². The van der Waals surface area contributed by atoms with Crippen LogP contribution >= 0.6 is 11.8 Å². The van der Waals surface area contributed by atoms with Gasteiger partial charge in [0.2, 0.25) is 0 Å². The fourth-order valence-corrected chi connectivity index (χ4v) is 4.65. The number of rotatable bonds is 2. The minimum atomic E-state index is -0.481. The first-order chi connectivity index (χ1) is 11.4. The van der Waals surface area contributed by atoms with Crippen LogP contribution in [0, 0.1) is 0 Å². The fourth-order valence-electron chi connectivity index (χ4n) is 3.38. The summed E-state index contributed by atoms with van der Waals surface area (Å²) in [7, 11) is 0. The van der Waals surface area contributed by atoms with E-state index in [2.05, 4.69) is 11.1 Å². The Labute approximate surface area is 149 Å². The lowest BCUT2D eigenvalue weighted by Crippen LogP contribution is -2.40. The number of anilines is 1. The van der Waals surface area contributed by atoms with Crippen LogP contribution in [0.4, 0.5) is 10.6 Å². The molecule has 0 radical (unpaired) electrons. The predicted octanol–water partition coefficient (Wildman–Crippen LogP) is 5.19. The van der Waals surface area contributed by atoms with Crippen molar-refractivity contribution in [2.24, 2.45) is 0 Å². The average molecular weight is 349 g/mol. The van der Waals surface area contributed by atoms with Gasteiger partial charge in [0.15, 0.2) is 0 Å². The van der Waals surface area contributed by atoms with E-state index >= 15 is 0 Å². The normalized spacial score (nSPS) is 19.0. The lowest BCUT2D eigenvalue weighted by molar-refractivity contribution is 0.0576. The summed E-state index contributed by atoms with van der Waals surface area (Å²) >= 11 is 1.96. The molecule has 3 rings (SSSR count). The molecule has 1 fully saturated rings. The van der Waals surface area contributed by atoms with Crippen molar-refractivity contribution in [2.45, 2.75) is 81.5 Å². The number of aromatic nitrogens is 1. The van der Waals surface area contributed by atoms with Crippen molar-refractivity contribution in [3.63, 3.8) is 0 Å². The summed E-state index contributed by atoms with van der Waals surface area (Å²) < 4.78 is 5.53. The Morgan fingerprint density at radius 3 is 2.71 bits per heavy atom. The number of nitrogens with zero attached hydrogens (tertiary/aromatic N) is 2. The Hall–Kier alpha value is -1.23. The van der Waals surface area contributed by atoms with Crippen molar-refractivity contribution in [3.8, 4) is 0 Å². The maximum Gasteiger partial charge on any atom is 0.416 e. The van der Waals surface area contributed by atoms with Crippen molar-refractivity contribution < 1.29 is 9.53 Å². The summed E-state index contributed by atoms with van der Waals surface area (Å²) in [6, 6.07) is 2.23. The van der Waals surface area contributed by atoms with E-state index in [9.17, 15) is 4.79 Å². The Morgan fingerprint density at radius 1 is 1.25 bits per heavy atom. The number of thioether (sulfide) groups is 1. The molecule has 2 heterocycles. The summed E-state index contributed by atoms with van der Waals surface area (Å²) in [5, 5.41) is 0.726. The number of pyridine rings is 1. The van der Waals surface area contributed by atoms with Gasteiger partial charge in [-0.3, -0.25) is 4.90 Å². The number of hydrogen-bond donors (Lipinski definition) is 0. The molecule has 132 valence electrons. The van der Waals surface area contributed by atoms with E-state index in [1.807, 2.05) is 38.7 Å². The van der Waals surface area contributed by atoms with Gasteiger partial charge in [0.05, 0.1) is 0 Å². The van der Waals surface area contributed by atoms with Crippen LogP contribution in [0.3, 0.4) is 0 Å². The van der Waals surface area contributed by atoms with Gasteiger partial charge in [0.1, 0.15) is 11.4 Å². The van der Waals surface area contributed by atoms with Crippen molar-refractivity contribution in [1.82, 2.24) is 4.98 Å². The van der Waals surface area contributed by atoms with Crippen molar-refractivity contribution in [3.05, 3.63) is 17.8 Å². The van der Waals surface area contributed by atoms with E-state index in [4.69, 9.17) is 4.74 Å². The third kappa shape index (κ3) is 4.44. The molecule has 0 bridgehead atoms. The van der Waals surface area contributed by atoms with Crippen LogP contribution < -0.4 is 4.90 Å². The van der Waals surface area contributed by atoms with Gasteiger partial charge in [-0.15, -0.1) is 11.8 Å². The Balaban J connectivity index is 1.73. The smallest absolute Gasteiger partial charge is 0.416 e. The lowest BCUT2D eigenvalue weighted by Gasteiger charge is -2.31. The molecule has 0 aromatic carbocycles. The van der Waals surface area contributed by atoms with Gasteiger partial charge in [0, 0.05) is 22.9 Å². The van der Waals surface area contributed by atoms with Gasteiger partial charge in [-0.1, -0.05) is 19.3 Å². The van der Waals surface area contributed by atoms with E-state index < -0.39 is 5.60 Å². The molecule has 0 spiro atoms. The lowest BCUT2D eigenvalue weighted by atomic mass is 10.0. The maximum atomic E-state index is 12.4. The molecule has 1 saturated carbocycles. The first-order valence-corrected chi connectivity index (χ1v) is 9.96. The highest BCUT2D eigenvalue weighted by atomic mass is 32.2. The van der Waals surface area contributed by atoms with Crippen LogP contribution in [0.2, 0.25) is 0 Å². The Morgan fingerprint density at radius 2 is 2.00 bits per heavy atom. The zero-order valence-corrected chi connectivity index (χ0v) is 15.8. The number of ether oxygens (including phenoxy) is 1. The van der Waals surface area contributed by atoms with Crippen LogP contribution in [0.1, 0.15) is 64.9 Å². The molecular formula is C19H28N2O2S. The van der Waals surface area contributed by atoms with E-state index in [1.54, 1.807) is 4.90 Å². The maximum absolute atomic E-state index is 12.4. The molecule has 4 nitrogen and oxygen atoms in total. The van der Waals surface area contributed by atoms with Gasteiger partial charge in [-0.2, -0.15) is 0 Å². The Kier molecular flexibility index (Phi) is 5.38. The number of hydrogen-bond acceptors (Lipinski definition) is 4. The fraction of sp³-hybridized carbons (Fsp3) is 0.684. The molecule has 1 aliphatic carbocycles. The minimum Gasteiger partial charge on any atom is -0.443 e. The first-order valence-electron chi connectivity index (χ1n) is 9.08. The summed E-state index contributed by atoms with van der Waals surface area (Å²) in [5.74, 6) is 0.781. The molecule has 24 heavy (non-hydrogen) atoms. The standard InChI is InChI=1S/C19H28N2O2S/c1-19(2,3)23-18(22)21-11-7-8-14-12-16(13-20-17(14)21)24-15-9-5-4-6-10-15/h12-13,15H,4-11H2,1-3H3. The molecular weight excluding hydrogens is 320 g/mol. The molecule has 0 atom stereocenters. The van der Waals surface area contributed by atoms with Crippen molar-refractivity contribution in [1.29, 1.82) is 0 Å². The largest absolute Gasteiger partial charge is 0.443 e. The minimum absolute atomic E-state index is 0.288. The molecule has 5 heteroatoms. The number of fused-ring (bicyclic) bond motifs is 1. The molecule has 1 aliphatic heterocycles. The highest BCUT2D eigenvalue weighted by Crippen LogP contribution is 2.36. The molecule has 0 N–H and O–H groups in total. The van der Waals surface area contributed by atoms with Gasteiger partial charge >= 0.3 is 6.09 Å². The number of aryl methyl sites for hydroxylation is 1. The molecule has 0 saturated heterocycles. The van der Waals surface area contributed by atoms with Crippen LogP contribution in [0.5, 0.6) is 0 Å². The molecule has 1 aromatic heterocycles. The molecule has 0 unspecified atom stereocenters. The summed E-state index contributed by atoms with van der Waals surface area (Å²) in [6.45, 7) is 6.37. The van der Waals surface area contributed by atoms with E-state index in [0.29, 0.717) is 6.54 Å². The van der Waals surface area contributed by atoms with Crippen molar-refractivity contribution >= 4 is 23.7 Å². The Bertz CT molecular complexity index is 592. The van der Waals surface area contributed by atoms with Crippen molar-refractivity contribution in [2.75, 3.05) is 11.4 Å². The average Bonchev–Trinajstić information content (AvgIpc) is 2.53. The monoisotopic (exact) mass is 348 g/mol. The first kappa shape index (κ1) is 17.6. The van der Waals surface area contributed by atoms with E-state index in [0.717, 1.165) is 23.9 Å². The second-order valence-electron chi connectivity index (χ2n) is 7.77. The third-order valence-electron chi connectivity index (χ3n) is 4.47. The van der Waals surface area contributed by atoms with Gasteiger partial charge in [-0.25, -0.2) is 9.78 Å². The van der Waals surface area contributed by atoms with Crippen LogP contribution in [0.25, 0.3) is 0 Å². The highest BCUT2D eigenvalue weighted by molar-refractivity contribution is 8.00. The number of amides is 1. The van der Waals surface area contributed by atoms with Gasteiger partial charge in [-0.05, 0) is 58.1 Å². The number of carbonyl (C=O) groups is 1. The number of carbonyl (C=O) groups excluding carboxylic acids is 1. The van der Waals surface area contributed by atoms with Crippen LogP contribution in [-0.2, 0) is 11.2 Å². The summed E-state index contributed by atoms with van der Waals surface area (Å²) in [5.41, 5.74) is 0.693. The quantitative estimate of drug-likeness (QED) is 0.737. The second kappa shape index (κ2) is 7.34. The van der Waals surface area contributed by atoms with Crippen LogP contribution in [-0.4, -0.2) is 28.5 Å². The van der Waals surface area contributed by atoms with E-state index in [1.165, 1.54) is 42.6 Å². The van der Waals surface area contributed by atoms with Crippen LogP contribution in [0.15, 0.2) is 17.2 Å². The highest BCUT2D eigenvalue weighted by Gasteiger charge is 2.28. The zero-order valence-electron chi connectivity index (χ0n) is 15.0. The molecule has 2 aliphatic rings. The topological polar surface area (TPSA) is 42.4 Å². The second-order valence-corrected chi connectivity index (χ2v) is 9.14. The molecule has 1 aromatic rings. The molecule has 1 amide bonds. The van der Waals surface area contributed by atoms with Gasteiger partial charge in [0.25, 0.3) is 0 Å².